The SMILES string of the molecule is CCOC1CC(n2c(C(C)Cl)nc3cc(F)ccc32)C1. The topological polar surface area (TPSA) is 27.1 Å². The van der Waals surface area contributed by atoms with Gasteiger partial charge in [-0.2, -0.15) is 0 Å². The second kappa shape index (κ2) is 5.34. The number of hydrogen-bond donors (Lipinski definition) is 0. The number of benzene rings is 1. The molecule has 0 aliphatic heterocycles. The molecule has 108 valence electrons. The van der Waals surface area contributed by atoms with Gasteiger partial charge in [-0.3, -0.25) is 0 Å². The van der Waals surface area contributed by atoms with Crippen LogP contribution in [0.25, 0.3) is 11.0 Å². The molecule has 0 N–H and O–H groups in total. The summed E-state index contributed by atoms with van der Waals surface area (Å²) in [6.07, 6.45) is 2.25. The number of halogens is 2. The van der Waals surface area contributed by atoms with Gasteiger partial charge in [0.2, 0.25) is 0 Å². The third kappa shape index (κ3) is 2.31. The van der Waals surface area contributed by atoms with Crippen LogP contribution in [0.3, 0.4) is 0 Å². The zero-order valence-electron chi connectivity index (χ0n) is 11.6. The summed E-state index contributed by atoms with van der Waals surface area (Å²) in [6, 6.07) is 5.07. The van der Waals surface area contributed by atoms with E-state index in [1.54, 1.807) is 6.07 Å². The highest BCUT2D eigenvalue weighted by Crippen LogP contribution is 2.39. The third-order valence-electron chi connectivity index (χ3n) is 3.87. The number of nitrogens with zero attached hydrogens (tertiary/aromatic N) is 2. The molecule has 1 saturated carbocycles. The largest absolute Gasteiger partial charge is 0.378 e. The Morgan fingerprint density at radius 2 is 2.25 bits per heavy atom. The van der Waals surface area contributed by atoms with E-state index in [0.717, 1.165) is 30.8 Å². The van der Waals surface area contributed by atoms with Crippen LogP contribution in [0.2, 0.25) is 0 Å². The van der Waals surface area contributed by atoms with Gasteiger partial charge >= 0.3 is 0 Å². The Bertz CT molecular complexity index is 620. The summed E-state index contributed by atoms with van der Waals surface area (Å²) in [5.41, 5.74) is 1.63. The maximum atomic E-state index is 13.3. The zero-order chi connectivity index (χ0) is 14.3. The Morgan fingerprint density at radius 1 is 1.50 bits per heavy atom. The number of ether oxygens (including phenoxy) is 1. The second-order valence-electron chi connectivity index (χ2n) is 5.29. The van der Waals surface area contributed by atoms with Crippen molar-refractivity contribution >= 4 is 22.6 Å². The molecule has 0 saturated heterocycles. The molecule has 20 heavy (non-hydrogen) atoms. The van der Waals surface area contributed by atoms with E-state index in [1.165, 1.54) is 12.1 Å². The minimum atomic E-state index is -0.267. The minimum absolute atomic E-state index is 0.198. The van der Waals surface area contributed by atoms with Gasteiger partial charge in [-0.15, -0.1) is 11.6 Å². The first-order valence-corrected chi connectivity index (χ1v) is 7.46. The quantitative estimate of drug-likeness (QED) is 0.790. The Hall–Kier alpha value is -1.13. The molecule has 3 rings (SSSR count). The van der Waals surface area contributed by atoms with Crippen LogP contribution in [0.4, 0.5) is 4.39 Å². The van der Waals surface area contributed by atoms with Crippen molar-refractivity contribution in [2.24, 2.45) is 0 Å². The predicted octanol–water partition coefficient (Wildman–Crippen LogP) is 4.22. The van der Waals surface area contributed by atoms with Crippen molar-refractivity contribution in [1.29, 1.82) is 0 Å². The van der Waals surface area contributed by atoms with Crippen LogP contribution in [0, 0.1) is 5.82 Å². The number of imidazole rings is 1. The number of rotatable bonds is 4. The third-order valence-corrected chi connectivity index (χ3v) is 4.07. The maximum Gasteiger partial charge on any atom is 0.127 e. The highest BCUT2D eigenvalue weighted by Gasteiger charge is 2.34. The molecule has 0 spiro atoms. The van der Waals surface area contributed by atoms with Gasteiger partial charge < -0.3 is 9.30 Å². The first-order valence-electron chi connectivity index (χ1n) is 7.03. The van der Waals surface area contributed by atoms with E-state index in [2.05, 4.69) is 9.55 Å². The molecule has 1 aliphatic rings. The van der Waals surface area contributed by atoms with Gasteiger partial charge in [-0.05, 0) is 38.8 Å². The van der Waals surface area contributed by atoms with Crippen LogP contribution in [0.1, 0.15) is 43.9 Å². The molecule has 1 unspecified atom stereocenters. The molecule has 1 aliphatic carbocycles. The van der Waals surface area contributed by atoms with E-state index in [4.69, 9.17) is 16.3 Å². The summed E-state index contributed by atoms with van der Waals surface area (Å²) >= 11 is 6.23. The van der Waals surface area contributed by atoms with Gasteiger partial charge in [0.15, 0.2) is 0 Å². The molecule has 2 aromatic rings. The van der Waals surface area contributed by atoms with Gasteiger partial charge in [0.25, 0.3) is 0 Å². The summed E-state index contributed by atoms with van der Waals surface area (Å²) in [4.78, 5) is 4.50. The van der Waals surface area contributed by atoms with E-state index in [1.807, 2.05) is 13.8 Å². The molecular weight excluding hydrogens is 279 g/mol. The highest BCUT2D eigenvalue weighted by molar-refractivity contribution is 6.20. The second-order valence-corrected chi connectivity index (χ2v) is 5.95. The summed E-state index contributed by atoms with van der Waals surface area (Å²) in [5, 5.41) is -0.198. The summed E-state index contributed by atoms with van der Waals surface area (Å²) < 4.78 is 21.1. The molecule has 1 aromatic carbocycles. The molecule has 3 nitrogen and oxygen atoms in total. The van der Waals surface area contributed by atoms with Crippen molar-refractivity contribution in [3.63, 3.8) is 0 Å². The Balaban J connectivity index is 1.98. The molecule has 0 amide bonds. The molecule has 1 atom stereocenters. The lowest BCUT2D eigenvalue weighted by Gasteiger charge is -2.37. The summed E-state index contributed by atoms with van der Waals surface area (Å²) in [5.74, 6) is 0.545. The Labute approximate surface area is 122 Å². The lowest BCUT2D eigenvalue weighted by atomic mass is 9.88. The van der Waals surface area contributed by atoms with E-state index in [-0.39, 0.29) is 11.2 Å². The smallest absolute Gasteiger partial charge is 0.127 e. The first kappa shape index (κ1) is 13.8. The number of alkyl halides is 1. The zero-order valence-corrected chi connectivity index (χ0v) is 12.4. The van der Waals surface area contributed by atoms with Gasteiger partial charge in [0, 0.05) is 18.7 Å². The average Bonchev–Trinajstić information content (AvgIpc) is 2.71. The lowest BCUT2D eigenvalue weighted by molar-refractivity contribution is -0.0193. The summed E-state index contributed by atoms with van der Waals surface area (Å²) in [6.45, 7) is 4.65. The fourth-order valence-corrected chi connectivity index (χ4v) is 3.03. The molecule has 5 heteroatoms. The van der Waals surface area contributed by atoms with Gasteiger partial charge in [-0.1, -0.05) is 0 Å². The van der Waals surface area contributed by atoms with Gasteiger partial charge in [-0.25, -0.2) is 9.37 Å². The van der Waals surface area contributed by atoms with Crippen molar-refractivity contribution in [2.45, 2.75) is 44.2 Å². The van der Waals surface area contributed by atoms with Crippen molar-refractivity contribution < 1.29 is 9.13 Å². The highest BCUT2D eigenvalue weighted by atomic mass is 35.5. The average molecular weight is 297 g/mol. The standard InChI is InChI=1S/C15H18ClFN2O/c1-3-20-12-7-11(8-12)19-14-5-4-10(17)6-13(14)18-15(19)9(2)16/h4-6,9,11-12H,3,7-8H2,1-2H3. The van der Waals surface area contributed by atoms with E-state index in [0.29, 0.717) is 17.7 Å². The molecule has 1 aromatic heterocycles. The fraction of sp³-hybridized carbons (Fsp3) is 0.533. The Kier molecular flexibility index (Phi) is 3.69. The van der Waals surface area contributed by atoms with Crippen LogP contribution < -0.4 is 0 Å². The molecule has 1 fully saturated rings. The van der Waals surface area contributed by atoms with Crippen molar-refractivity contribution in [1.82, 2.24) is 9.55 Å². The van der Waals surface area contributed by atoms with Crippen molar-refractivity contribution in [3.05, 3.63) is 29.8 Å². The summed E-state index contributed by atoms with van der Waals surface area (Å²) in [7, 11) is 0. The van der Waals surface area contributed by atoms with Crippen LogP contribution in [0.15, 0.2) is 18.2 Å². The number of fused-ring (bicyclic) bond motifs is 1. The Morgan fingerprint density at radius 3 is 2.90 bits per heavy atom. The van der Waals surface area contributed by atoms with Gasteiger partial charge in [0.1, 0.15) is 11.6 Å². The normalized spacial score (nSPS) is 23.8. The number of hydrogen-bond acceptors (Lipinski definition) is 2. The molecule has 1 heterocycles. The molecule has 0 bridgehead atoms. The van der Waals surface area contributed by atoms with E-state index >= 15 is 0 Å². The van der Waals surface area contributed by atoms with Crippen LogP contribution in [0.5, 0.6) is 0 Å². The minimum Gasteiger partial charge on any atom is -0.378 e. The monoisotopic (exact) mass is 296 g/mol. The molecular formula is C15H18ClFN2O. The van der Waals surface area contributed by atoms with Crippen LogP contribution in [-0.2, 0) is 4.74 Å². The van der Waals surface area contributed by atoms with Gasteiger partial charge in [0.05, 0.1) is 22.5 Å². The van der Waals surface area contributed by atoms with Crippen LogP contribution >= 0.6 is 11.6 Å². The first-order chi connectivity index (χ1) is 9.60. The van der Waals surface area contributed by atoms with E-state index in [9.17, 15) is 4.39 Å². The van der Waals surface area contributed by atoms with Crippen LogP contribution in [-0.4, -0.2) is 22.3 Å². The maximum absolute atomic E-state index is 13.3. The fourth-order valence-electron chi connectivity index (χ4n) is 2.88. The van der Waals surface area contributed by atoms with E-state index < -0.39 is 0 Å². The van der Waals surface area contributed by atoms with Crippen molar-refractivity contribution in [2.75, 3.05) is 6.61 Å². The predicted molar refractivity (Wildman–Crippen MR) is 77.6 cm³/mol. The lowest BCUT2D eigenvalue weighted by Crippen LogP contribution is -2.34. The number of aromatic nitrogens is 2. The van der Waals surface area contributed by atoms with Crippen molar-refractivity contribution in [3.8, 4) is 0 Å². The molecule has 0 radical (unpaired) electrons.